The van der Waals surface area contributed by atoms with E-state index in [0.29, 0.717) is 5.69 Å². The largest absolute Gasteiger partial charge is 0.345 e. The van der Waals surface area contributed by atoms with Gasteiger partial charge in [-0.05, 0) is 105 Å². The molecule has 0 atom stereocenters. The quantitative estimate of drug-likeness (QED) is 0.673. The molecule has 1 aromatic heterocycles. The Bertz CT molecular complexity index is 1000. The monoisotopic (exact) mass is 431 g/mol. The molecule has 1 heterocycles. The predicted molar refractivity (Wildman–Crippen MR) is 127 cm³/mol. The first-order chi connectivity index (χ1) is 15.3. The lowest BCUT2D eigenvalue weighted by Crippen LogP contribution is -2.60. The van der Waals surface area contributed by atoms with Crippen molar-refractivity contribution in [2.45, 2.75) is 95.9 Å². The van der Waals surface area contributed by atoms with Crippen LogP contribution in [0, 0.1) is 17.8 Å². The molecule has 0 unspecified atom stereocenters. The number of hydrogen-bond acceptors (Lipinski definition) is 2. The molecule has 4 bridgehead atoms. The summed E-state index contributed by atoms with van der Waals surface area (Å²) in [5.74, 6) is 2.56. The number of hydrogen-bond donors (Lipinski definition) is 1. The van der Waals surface area contributed by atoms with Crippen molar-refractivity contribution in [3.05, 3.63) is 46.8 Å². The number of carbonyl (C=O) groups excluding carboxylic acids is 1. The minimum absolute atomic E-state index is 0.0333. The second-order valence-corrected chi connectivity index (χ2v) is 12.3. The number of benzene rings is 1. The number of nitrogens with one attached hydrogen (secondary N) is 1. The molecule has 4 fully saturated rings. The van der Waals surface area contributed by atoms with Gasteiger partial charge in [0.05, 0.1) is 5.69 Å². The number of nitrogens with zero attached hydrogens (tertiary/aromatic N) is 2. The zero-order chi connectivity index (χ0) is 22.1. The van der Waals surface area contributed by atoms with E-state index in [-0.39, 0.29) is 16.9 Å². The number of aromatic nitrogens is 2. The SMILES string of the molecule is CC(C)(C)c1ccc(-n2nc(C(=O)NC34CC5CC(CC(C5)C3)C4)c3c2CCCC3)cc1. The summed E-state index contributed by atoms with van der Waals surface area (Å²) in [5, 5.41) is 8.53. The molecule has 4 nitrogen and oxygen atoms in total. The minimum atomic E-state index is 0.0333. The van der Waals surface area contributed by atoms with Crippen molar-refractivity contribution in [1.29, 1.82) is 0 Å². The van der Waals surface area contributed by atoms with Crippen molar-refractivity contribution in [3.63, 3.8) is 0 Å². The maximum absolute atomic E-state index is 13.6. The van der Waals surface area contributed by atoms with Crippen molar-refractivity contribution in [2.24, 2.45) is 17.8 Å². The van der Waals surface area contributed by atoms with Gasteiger partial charge < -0.3 is 5.32 Å². The van der Waals surface area contributed by atoms with Gasteiger partial charge in [-0.3, -0.25) is 4.79 Å². The lowest BCUT2D eigenvalue weighted by atomic mass is 9.53. The third-order valence-electron chi connectivity index (χ3n) is 8.79. The Morgan fingerprint density at radius 2 is 1.56 bits per heavy atom. The van der Waals surface area contributed by atoms with E-state index in [4.69, 9.17) is 5.10 Å². The summed E-state index contributed by atoms with van der Waals surface area (Å²) in [6, 6.07) is 8.76. The molecule has 1 N–H and O–H groups in total. The fraction of sp³-hybridized carbons (Fsp3) is 0.643. The molecule has 4 saturated carbocycles. The number of amides is 1. The summed E-state index contributed by atoms with van der Waals surface area (Å²) in [7, 11) is 0. The summed E-state index contributed by atoms with van der Waals surface area (Å²) in [6.45, 7) is 6.72. The fourth-order valence-electron chi connectivity index (χ4n) is 7.66. The first kappa shape index (κ1) is 20.5. The number of fused-ring (bicyclic) bond motifs is 1. The van der Waals surface area contributed by atoms with Gasteiger partial charge in [-0.2, -0.15) is 5.10 Å². The molecule has 0 aliphatic heterocycles. The van der Waals surface area contributed by atoms with Crippen LogP contribution in [0.2, 0.25) is 0 Å². The Balaban J connectivity index is 1.32. The second kappa shape index (κ2) is 7.20. The summed E-state index contributed by atoms with van der Waals surface area (Å²) >= 11 is 0. The molecule has 170 valence electrons. The molecule has 1 aromatic carbocycles. The Morgan fingerprint density at radius 1 is 0.969 bits per heavy atom. The smallest absolute Gasteiger partial charge is 0.272 e. The van der Waals surface area contributed by atoms with Crippen LogP contribution >= 0.6 is 0 Å². The molecule has 5 aliphatic rings. The van der Waals surface area contributed by atoms with Crippen molar-refractivity contribution in [3.8, 4) is 5.69 Å². The van der Waals surface area contributed by atoms with Gasteiger partial charge in [-0.1, -0.05) is 32.9 Å². The average Bonchev–Trinajstić information content (AvgIpc) is 3.12. The van der Waals surface area contributed by atoms with Crippen molar-refractivity contribution < 1.29 is 4.79 Å². The van der Waals surface area contributed by atoms with Gasteiger partial charge in [-0.15, -0.1) is 0 Å². The van der Waals surface area contributed by atoms with E-state index in [2.05, 4.69) is 55.0 Å². The molecule has 2 aromatic rings. The molecule has 0 saturated heterocycles. The Morgan fingerprint density at radius 3 is 2.16 bits per heavy atom. The zero-order valence-electron chi connectivity index (χ0n) is 19.9. The summed E-state index contributed by atoms with van der Waals surface area (Å²) in [6.07, 6.45) is 12.0. The predicted octanol–water partition coefficient (Wildman–Crippen LogP) is 5.75. The number of rotatable bonds is 3. The summed E-state index contributed by atoms with van der Waals surface area (Å²) < 4.78 is 2.07. The Labute approximate surface area is 192 Å². The maximum Gasteiger partial charge on any atom is 0.272 e. The molecule has 7 rings (SSSR count). The summed E-state index contributed by atoms with van der Waals surface area (Å²) in [5.41, 5.74) is 5.69. The van der Waals surface area contributed by atoms with Crippen LogP contribution in [-0.2, 0) is 18.3 Å². The highest BCUT2D eigenvalue weighted by Crippen LogP contribution is 2.55. The van der Waals surface area contributed by atoms with Crippen LogP contribution in [0.1, 0.15) is 99.4 Å². The van der Waals surface area contributed by atoms with Crippen LogP contribution in [0.25, 0.3) is 5.69 Å². The standard InChI is InChI=1S/C28H37N3O/c1-27(2,3)21-8-10-22(11-9-21)31-24-7-5-4-6-23(24)25(30-31)26(32)29-28-15-18-12-19(16-28)14-20(13-18)17-28/h8-11,18-20H,4-7,12-17H2,1-3H3,(H,29,32). The third-order valence-corrected chi connectivity index (χ3v) is 8.79. The van der Waals surface area contributed by atoms with Gasteiger partial charge in [0.15, 0.2) is 5.69 Å². The van der Waals surface area contributed by atoms with Crippen LogP contribution in [0.3, 0.4) is 0 Å². The van der Waals surface area contributed by atoms with E-state index in [1.54, 1.807) is 0 Å². The first-order valence-electron chi connectivity index (χ1n) is 12.8. The van der Waals surface area contributed by atoms with E-state index < -0.39 is 0 Å². The molecular weight excluding hydrogens is 394 g/mol. The van der Waals surface area contributed by atoms with Crippen molar-refractivity contribution in [2.75, 3.05) is 0 Å². The normalized spacial score (nSPS) is 30.9. The van der Waals surface area contributed by atoms with Crippen LogP contribution in [0.15, 0.2) is 24.3 Å². The van der Waals surface area contributed by atoms with Gasteiger partial charge in [0.25, 0.3) is 5.91 Å². The van der Waals surface area contributed by atoms with E-state index in [1.165, 1.54) is 61.8 Å². The lowest BCUT2D eigenvalue weighted by Gasteiger charge is -2.56. The molecular formula is C28H37N3O. The maximum atomic E-state index is 13.6. The number of carbonyl (C=O) groups is 1. The molecule has 5 aliphatic carbocycles. The van der Waals surface area contributed by atoms with Crippen molar-refractivity contribution in [1.82, 2.24) is 15.1 Å². The van der Waals surface area contributed by atoms with Gasteiger partial charge in [-0.25, -0.2) is 4.68 Å². The van der Waals surface area contributed by atoms with Gasteiger partial charge in [0.1, 0.15) is 0 Å². The lowest BCUT2D eigenvalue weighted by molar-refractivity contribution is -0.0168. The summed E-state index contributed by atoms with van der Waals surface area (Å²) in [4.78, 5) is 13.6. The molecule has 4 heteroatoms. The van der Waals surface area contributed by atoms with E-state index in [0.717, 1.165) is 42.7 Å². The van der Waals surface area contributed by atoms with Gasteiger partial charge in [0.2, 0.25) is 0 Å². The van der Waals surface area contributed by atoms with E-state index >= 15 is 0 Å². The highest BCUT2D eigenvalue weighted by atomic mass is 16.2. The van der Waals surface area contributed by atoms with Crippen LogP contribution in [0.4, 0.5) is 0 Å². The molecule has 0 spiro atoms. The van der Waals surface area contributed by atoms with Crippen LogP contribution in [0.5, 0.6) is 0 Å². The third kappa shape index (κ3) is 3.41. The molecule has 0 radical (unpaired) electrons. The van der Waals surface area contributed by atoms with E-state index in [1.807, 2.05) is 0 Å². The highest BCUT2D eigenvalue weighted by molar-refractivity contribution is 5.94. The Kier molecular flexibility index (Phi) is 4.61. The van der Waals surface area contributed by atoms with Gasteiger partial charge in [0, 0.05) is 16.8 Å². The van der Waals surface area contributed by atoms with Crippen LogP contribution < -0.4 is 5.32 Å². The molecule has 1 amide bonds. The fourth-order valence-corrected chi connectivity index (χ4v) is 7.66. The van der Waals surface area contributed by atoms with Crippen molar-refractivity contribution >= 4 is 5.91 Å². The molecule has 32 heavy (non-hydrogen) atoms. The second-order valence-electron chi connectivity index (χ2n) is 12.3. The van der Waals surface area contributed by atoms with E-state index in [9.17, 15) is 4.79 Å². The first-order valence-corrected chi connectivity index (χ1v) is 12.8. The highest BCUT2D eigenvalue weighted by Gasteiger charge is 2.51. The minimum Gasteiger partial charge on any atom is -0.345 e. The Hall–Kier alpha value is -2.10. The topological polar surface area (TPSA) is 46.9 Å². The average molecular weight is 432 g/mol. The van der Waals surface area contributed by atoms with Crippen LogP contribution in [-0.4, -0.2) is 21.2 Å². The van der Waals surface area contributed by atoms with Gasteiger partial charge >= 0.3 is 0 Å². The zero-order valence-corrected chi connectivity index (χ0v) is 19.9.